The maximum atomic E-state index is 2.47. The number of fused-ring (bicyclic) bond motifs is 1. The minimum atomic E-state index is 1.04. The van der Waals surface area contributed by atoms with Crippen LogP contribution in [0.25, 0.3) is 0 Å². The molecule has 1 heteroatoms. The molecule has 0 saturated carbocycles. The van der Waals surface area contributed by atoms with Crippen LogP contribution in [0.2, 0.25) is 0 Å². The van der Waals surface area contributed by atoms with E-state index < -0.39 is 0 Å². The van der Waals surface area contributed by atoms with Crippen molar-refractivity contribution in [2.45, 2.75) is 26.9 Å². The van der Waals surface area contributed by atoms with E-state index in [4.69, 9.17) is 0 Å². The molecular formula is C16H17N. The van der Waals surface area contributed by atoms with E-state index in [0.717, 1.165) is 13.1 Å². The molecule has 0 saturated heterocycles. The molecule has 0 N–H and O–H groups in total. The minimum absolute atomic E-state index is 1.04. The van der Waals surface area contributed by atoms with Gasteiger partial charge in [-0.25, -0.2) is 0 Å². The molecule has 2 aromatic carbocycles. The molecule has 1 nitrogen and oxygen atoms in total. The summed E-state index contributed by atoms with van der Waals surface area (Å²) >= 11 is 0. The van der Waals surface area contributed by atoms with Gasteiger partial charge >= 0.3 is 0 Å². The lowest BCUT2D eigenvalue weighted by Gasteiger charge is -2.20. The van der Waals surface area contributed by atoms with E-state index in [9.17, 15) is 0 Å². The van der Waals surface area contributed by atoms with Crippen LogP contribution in [0.1, 0.15) is 22.3 Å². The van der Waals surface area contributed by atoms with Crippen LogP contribution in [-0.4, -0.2) is 0 Å². The third-order valence-corrected chi connectivity index (χ3v) is 3.55. The topological polar surface area (TPSA) is 3.24 Å². The van der Waals surface area contributed by atoms with Gasteiger partial charge in [-0.05, 0) is 42.2 Å². The van der Waals surface area contributed by atoms with Crippen molar-refractivity contribution >= 4 is 5.69 Å². The quantitative estimate of drug-likeness (QED) is 0.710. The standard InChI is InChI=1S/C16H17N/c1-12-7-8-13(2)16(9-12)17-10-14-5-3-4-6-15(14)11-17/h3-9H,10-11H2,1-2H3. The number of hydrogen-bond donors (Lipinski definition) is 0. The molecule has 0 spiro atoms. The molecule has 0 amide bonds. The predicted octanol–water partition coefficient (Wildman–Crippen LogP) is 3.82. The van der Waals surface area contributed by atoms with Crippen LogP contribution in [0.5, 0.6) is 0 Å². The Balaban J connectivity index is 1.96. The van der Waals surface area contributed by atoms with Gasteiger partial charge in [-0.1, -0.05) is 36.4 Å². The van der Waals surface area contributed by atoms with Crippen LogP contribution in [-0.2, 0) is 13.1 Å². The van der Waals surface area contributed by atoms with Gasteiger partial charge in [-0.2, -0.15) is 0 Å². The van der Waals surface area contributed by atoms with Crippen molar-refractivity contribution in [3.63, 3.8) is 0 Å². The fourth-order valence-corrected chi connectivity index (χ4v) is 2.56. The van der Waals surface area contributed by atoms with Gasteiger partial charge < -0.3 is 4.90 Å². The zero-order valence-corrected chi connectivity index (χ0v) is 10.4. The molecule has 0 aliphatic carbocycles. The van der Waals surface area contributed by atoms with E-state index in [-0.39, 0.29) is 0 Å². The first-order chi connectivity index (χ1) is 8.24. The number of rotatable bonds is 1. The predicted molar refractivity (Wildman–Crippen MR) is 72.2 cm³/mol. The molecule has 0 bridgehead atoms. The number of nitrogens with zero attached hydrogens (tertiary/aromatic N) is 1. The summed E-state index contributed by atoms with van der Waals surface area (Å²) in [5.41, 5.74) is 7.01. The fourth-order valence-electron chi connectivity index (χ4n) is 2.56. The second-order valence-corrected chi connectivity index (χ2v) is 4.91. The first kappa shape index (κ1) is 10.4. The van der Waals surface area contributed by atoms with Crippen molar-refractivity contribution in [1.29, 1.82) is 0 Å². The van der Waals surface area contributed by atoms with Crippen LogP contribution in [0, 0.1) is 13.8 Å². The van der Waals surface area contributed by atoms with Gasteiger partial charge in [-0.15, -0.1) is 0 Å². The van der Waals surface area contributed by atoms with E-state index >= 15 is 0 Å². The molecule has 0 radical (unpaired) electrons. The van der Waals surface area contributed by atoms with Crippen LogP contribution >= 0.6 is 0 Å². The number of hydrogen-bond acceptors (Lipinski definition) is 1. The maximum absolute atomic E-state index is 2.47. The van der Waals surface area contributed by atoms with Crippen LogP contribution in [0.15, 0.2) is 42.5 Å². The van der Waals surface area contributed by atoms with E-state index in [2.05, 4.69) is 61.2 Å². The highest BCUT2D eigenvalue weighted by molar-refractivity contribution is 5.58. The second kappa shape index (κ2) is 3.92. The fraction of sp³-hybridized carbons (Fsp3) is 0.250. The lowest BCUT2D eigenvalue weighted by Crippen LogP contribution is -2.15. The van der Waals surface area contributed by atoms with Crippen LogP contribution in [0.4, 0.5) is 5.69 Å². The third kappa shape index (κ3) is 1.82. The van der Waals surface area contributed by atoms with Crippen molar-refractivity contribution in [2.75, 3.05) is 4.90 Å². The summed E-state index contributed by atoms with van der Waals surface area (Å²) in [5, 5.41) is 0. The Hall–Kier alpha value is -1.76. The van der Waals surface area contributed by atoms with Gasteiger partial charge in [0.1, 0.15) is 0 Å². The summed E-state index contributed by atoms with van der Waals surface area (Å²) in [4.78, 5) is 2.47. The summed E-state index contributed by atoms with van der Waals surface area (Å²) in [6.07, 6.45) is 0. The molecule has 17 heavy (non-hydrogen) atoms. The van der Waals surface area contributed by atoms with Crippen molar-refractivity contribution in [3.8, 4) is 0 Å². The summed E-state index contributed by atoms with van der Waals surface area (Å²) in [6, 6.07) is 15.4. The average molecular weight is 223 g/mol. The lowest BCUT2D eigenvalue weighted by molar-refractivity contribution is 0.874. The summed E-state index contributed by atoms with van der Waals surface area (Å²) < 4.78 is 0. The monoisotopic (exact) mass is 223 g/mol. The van der Waals surface area contributed by atoms with Gasteiger partial charge in [0.25, 0.3) is 0 Å². The highest BCUT2D eigenvalue weighted by Gasteiger charge is 2.19. The van der Waals surface area contributed by atoms with Gasteiger partial charge in [0.15, 0.2) is 0 Å². The molecule has 0 atom stereocenters. The van der Waals surface area contributed by atoms with Gasteiger partial charge in [0.2, 0.25) is 0 Å². The lowest BCUT2D eigenvalue weighted by atomic mass is 10.1. The molecular weight excluding hydrogens is 206 g/mol. The number of aryl methyl sites for hydroxylation is 2. The Morgan fingerprint density at radius 2 is 1.53 bits per heavy atom. The highest BCUT2D eigenvalue weighted by atomic mass is 15.1. The largest absolute Gasteiger partial charge is 0.363 e. The van der Waals surface area contributed by atoms with Crippen molar-refractivity contribution in [2.24, 2.45) is 0 Å². The van der Waals surface area contributed by atoms with Crippen LogP contribution < -0.4 is 4.90 Å². The van der Waals surface area contributed by atoms with Crippen LogP contribution in [0.3, 0.4) is 0 Å². The van der Waals surface area contributed by atoms with Gasteiger partial charge in [0, 0.05) is 18.8 Å². The Bertz CT molecular complexity index is 532. The van der Waals surface area contributed by atoms with Crippen molar-refractivity contribution in [1.82, 2.24) is 0 Å². The van der Waals surface area contributed by atoms with E-state index in [0.29, 0.717) is 0 Å². The summed E-state index contributed by atoms with van der Waals surface area (Å²) in [5.74, 6) is 0. The minimum Gasteiger partial charge on any atom is -0.363 e. The molecule has 86 valence electrons. The molecule has 0 unspecified atom stereocenters. The Morgan fingerprint density at radius 3 is 2.18 bits per heavy atom. The Morgan fingerprint density at radius 1 is 0.882 bits per heavy atom. The van der Waals surface area contributed by atoms with E-state index in [1.165, 1.54) is 27.9 Å². The van der Waals surface area contributed by atoms with Crippen molar-refractivity contribution in [3.05, 3.63) is 64.7 Å². The zero-order valence-electron chi connectivity index (χ0n) is 10.4. The van der Waals surface area contributed by atoms with Gasteiger partial charge in [0.05, 0.1) is 0 Å². The molecule has 1 aliphatic rings. The van der Waals surface area contributed by atoms with E-state index in [1.54, 1.807) is 0 Å². The van der Waals surface area contributed by atoms with E-state index in [1.807, 2.05) is 0 Å². The Kier molecular flexibility index (Phi) is 2.40. The smallest absolute Gasteiger partial charge is 0.0436 e. The Labute approximate surface area is 103 Å². The first-order valence-electron chi connectivity index (χ1n) is 6.13. The summed E-state index contributed by atoms with van der Waals surface area (Å²) in [6.45, 7) is 6.44. The zero-order chi connectivity index (χ0) is 11.8. The average Bonchev–Trinajstić information content (AvgIpc) is 2.75. The third-order valence-electron chi connectivity index (χ3n) is 3.55. The molecule has 0 aromatic heterocycles. The maximum Gasteiger partial charge on any atom is 0.0436 e. The highest BCUT2D eigenvalue weighted by Crippen LogP contribution is 2.30. The first-order valence-corrected chi connectivity index (χ1v) is 6.13. The number of anilines is 1. The molecule has 2 aromatic rings. The molecule has 1 heterocycles. The van der Waals surface area contributed by atoms with Gasteiger partial charge in [-0.3, -0.25) is 0 Å². The summed E-state index contributed by atoms with van der Waals surface area (Å²) in [7, 11) is 0. The second-order valence-electron chi connectivity index (χ2n) is 4.91. The number of benzene rings is 2. The normalized spacial score (nSPS) is 13.9. The SMILES string of the molecule is Cc1ccc(C)c(N2Cc3ccccc3C2)c1. The molecule has 3 rings (SSSR count). The molecule has 1 aliphatic heterocycles. The van der Waals surface area contributed by atoms with Crippen molar-refractivity contribution < 1.29 is 0 Å². The molecule has 0 fully saturated rings.